The molecule has 2 nitrogen and oxygen atoms in total. The predicted octanol–water partition coefficient (Wildman–Crippen LogP) is 0.869. The van der Waals surface area contributed by atoms with Gasteiger partial charge in [0.25, 0.3) is 0 Å². The number of benzene rings is 1. The van der Waals surface area contributed by atoms with E-state index in [1.807, 2.05) is 0 Å². The van der Waals surface area contributed by atoms with E-state index in [1.165, 1.54) is 0 Å². The molecule has 0 aliphatic rings. The zero-order valence-corrected chi connectivity index (χ0v) is 11.6. The fourth-order valence-corrected chi connectivity index (χ4v) is 0.657. The molecule has 0 atom stereocenters. The Morgan fingerprint density at radius 1 is 1.09 bits per heavy atom. The van der Waals surface area contributed by atoms with Crippen molar-refractivity contribution in [3.8, 4) is 0 Å². The first kappa shape index (κ1) is 14.6. The number of hydrogen-bond donors (Lipinski definition) is 1. The second-order valence-electron chi connectivity index (χ2n) is 1.68. The largest absolute Gasteiger partial charge is 0.399 e. The maximum atomic E-state index is 5.41. The molecule has 0 spiro atoms. The predicted molar refractivity (Wildman–Crippen MR) is 51.8 cm³/mol. The molecular weight excluding hydrogens is 178 g/mol. The van der Waals surface area contributed by atoms with E-state index >= 15 is 0 Å². The summed E-state index contributed by atoms with van der Waals surface area (Å²) in [5.41, 5.74) is 6.92. The van der Waals surface area contributed by atoms with Gasteiger partial charge in [0, 0.05) is 77.2 Å². The summed E-state index contributed by atoms with van der Waals surface area (Å²) in [5, 5.41) is 0. The van der Waals surface area contributed by atoms with Gasteiger partial charge in [-0.25, -0.2) is 0 Å². The summed E-state index contributed by atoms with van der Waals surface area (Å²) < 4.78 is 3.54. The summed E-state index contributed by atoms with van der Waals surface area (Å²) >= 11 is 4.45. The molecule has 0 aromatic heterocycles. The van der Waals surface area contributed by atoms with Gasteiger partial charge in [-0.2, -0.15) is 4.36 Å². The van der Waals surface area contributed by atoms with Crippen molar-refractivity contribution < 1.29 is 0 Å². The standard InChI is InChI=1S/C6H6N2S.2Na/c7-5-1-3-6(8-9)4-2-5;;/h1-4H,7H2;;. The van der Waals surface area contributed by atoms with Crippen LogP contribution >= 0.6 is 0 Å². The molecule has 1 rings (SSSR count). The van der Waals surface area contributed by atoms with E-state index in [9.17, 15) is 0 Å². The van der Waals surface area contributed by atoms with Crippen molar-refractivity contribution in [2.75, 3.05) is 5.73 Å². The number of anilines is 1. The van der Waals surface area contributed by atoms with Crippen molar-refractivity contribution >= 4 is 82.9 Å². The average molecular weight is 184 g/mol. The van der Waals surface area contributed by atoms with E-state index < -0.39 is 0 Å². The molecular formula is C6H6N2Na2S. The molecule has 0 bridgehead atoms. The summed E-state index contributed by atoms with van der Waals surface area (Å²) in [5.74, 6) is 0. The molecule has 0 heterocycles. The molecule has 2 N–H and O–H groups in total. The van der Waals surface area contributed by atoms with Crippen LogP contribution in [-0.2, 0) is 12.4 Å². The molecule has 0 saturated carbocycles. The first-order valence-corrected chi connectivity index (χ1v) is 2.88. The number of rotatable bonds is 1. The van der Waals surface area contributed by atoms with E-state index in [-0.39, 0.29) is 59.1 Å². The molecule has 1 aromatic carbocycles. The third kappa shape index (κ3) is 5.31. The van der Waals surface area contributed by atoms with E-state index in [4.69, 9.17) is 5.73 Å². The van der Waals surface area contributed by atoms with Gasteiger partial charge in [-0.3, -0.25) is 0 Å². The molecule has 1 aromatic rings. The fraction of sp³-hybridized carbons (Fsp3) is 0. The summed E-state index contributed by atoms with van der Waals surface area (Å²) in [7, 11) is 0. The Balaban J connectivity index is 0. The Morgan fingerprint density at radius 2 is 1.55 bits per heavy atom. The zero-order valence-electron chi connectivity index (χ0n) is 6.74. The maximum absolute atomic E-state index is 5.41. The SMILES string of the molecule is Nc1ccc(N=S)cc1.[Na].[Na]. The van der Waals surface area contributed by atoms with Gasteiger partial charge in [-0.15, -0.1) is 0 Å². The molecule has 11 heavy (non-hydrogen) atoms. The van der Waals surface area contributed by atoms with Crippen LogP contribution in [0.2, 0.25) is 0 Å². The summed E-state index contributed by atoms with van der Waals surface area (Å²) in [6.07, 6.45) is 0. The monoisotopic (exact) mass is 184 g/mol. The Morgan fingerprint density at radius 3 is 1.91 bits per heavy atom. The topological polar surface area (TPSA) is 38.4 Å². The quantitative estimate of drug-likeness (QED) is 0.519. The zero-order chi connectivity index (χ0) is 6.69. The van der Waals surface area contributed by atoms with Crippen molar-refractivity contribution in [1.29, 1.82) is 0 Å². The van der Waals surface area contributed by atoms with E-state index in [1.54, 1.807) is 24.3 Å². The van der Waals surface area contributed by atoms with Crippen LogP contribution in [-0.4, -0.2) is 59.1 Å². The number of nitrogens with two attached hydrogens (primary N) is 1. The smallest absolute Gasteiger partial charge is 0.0770 e. The normalized spacial score (nSPS) is 7.27. The third-order valence-corrected chi connectivity index (χ3v) is 1.21. The molecule has 0 fully saturated rings. The minimum atomic E-state index is 0. The molecule has 5 heteroatoms. The Bertz CT molecular complexity index is 212. The van der Waals surface area contributed by atoms with Gasteiger partial charge in [0.05, 0.1) is 5.69 Å². The third-order valence-electron chi connectivity index (χ3n) is 0.998. The fourth-order valence-electron chi connectivity index (χ4n) is 0.535. The van der Waals surface area contributed by atoms with E-state index in [0.29, 0.717) is 0 Å². The minimum Gasteiger partial charge on any atom is -0.399 e. The Kier molecular flexibility index (Phi) is 10.2. The first-order chi connectivity index (χ1) is 4.33. The van der Waals surface area contributed by atoms with Gasteiger partial charge in [0.1, 0.15) is 0 Å². The molecule has 0 aliphatic carbocycles. The molecule has 48 valence electrons. The Labute approximate surface area is 116 Å². The Hall–Kier alpha value is 1.04. The number of nitrogens with zero attached hydrogens (tertiary/aromatic N) is 1. The van der Waals surface area contributed by atoms with Crippen molar-refractivity contribution in [3.05, 3.63) is 24.3 Å². The van der Waals surface area contributed by atoms with Crippen LogP contribution in [0.15, 0.2) is 28.6 Å². The van der Waals surface area contributed by atoms with Crippen molar-refractivity contribution in [2.24, 2.45) is 4.36 Å². The first-order valence-electron chi connectivity index (χ1n) is 2.52. The van der Waals surface area contributed by atoms with Crippen LogP contribution in [0.5, 0.6) is 0 Å². The summed E-state index contributed by atoms with van der Waals surface area (Å²) in [6.45, 7) is 0. The van der Waals surface area contributed by atoms with Crippen LogP contribution in [0.25, 0.3) is 0 Å². The molecule has 0 unspecified atom stereocenters. The van der Waals surface area contributed by atoms with E-state index in [0.717, 1.165) is 11.4 Å². The van der Waals surface area contributed by atoms with Gasteiger partial charge < -0.3 is 5.73 Å². The van der Waals surface area contributed by atoms with Crippen molar-refractivity contribution in [3.63, 3.8) is 0 Å². The van der Waals surface area contributed by atoms with Crippen LogP contribution in [0, 0.1) is 0 Å². The van der Waals surface area contributed by atoms with Gasteiger partial charge in [0.2, 0.25) is 0 Å². The van der Waals surface area contributed by atoms with E-state index in [2.05, 4.69) is 16.8 Å². The van der Waals surface area contributed by atoms with Crippen LogP contribution < -0.4 is 5.73 Å². The molecule has 2 radical (unpaired) electrons. The second-order valence-corrected chi connectivity index (χ2v) is 1.87. The number of hydrogen-bond acceptors (Lipinski definition) is 3. The second kappa shape index (κ2) is 7.68. The summed E-state index contributed by atoms with van der Waals surface area (Å²) in [4.78, 5) is 0. The average Bonchev–Trinajstić information content (AvgIpc) is 1.90. The number of nitrogen functional groups attached to an aromatic ring is 1. The minimum absolute atomic E-state index is 0. The van der Waals surface area contributed by atoms with Gasteiger partial charge in [0.15, 0.2) is 0 Å². The van der Waals surface area contributed by atoms with Gasteiger partial charge in [-0.05, 0) is 24.3 Å². The van der Waals surface area contributed by atoms with Crippen molar-refractivity contribution in [1.82, 2.24) is 0 Å². The van der Waals surface area contributed by atoms with Crippen LogP contribution in [0.3, 0.4) is 0 Å². The maximum Gasteiger partial charge on any atom is 0.0770 e. The summed E-state index contributed by atoms with van der Waals surface area (Å²) in [6, 6.07) is 7.10. The molecule has 0 saturated heterocycles. The van der Waals surface area contributed by atoms with Crippen LogP contribution in [0.1, 0.15) is 0 Å². The molecule has 0 amide bonds. The van der Waals surface area contributed by atoms with Gasteiger partial charge >= 0.3 is 0 Å². The van der Waals surface area contributed by atoms with Crippen LogP contribution in [0.4, 0.5) is 11.4 Å². The van der Waals surface area contributed by atoms with Crippen molar-refractivity contribution in [2.45, 2.75) is 0 Å². The molecule has 0 aliphatic heterocycles. The van der Waals surface area contributed by atoms with Gasteiger partial charge in [-0.1, -0.05) is 0 Å².